The molecule has 0 N–H and O–H groups in total. The van der Waals surface area contributed by atoms with Gasteiger partial charge in [0.05, 0.1) is 78.4 Å². The van der Waals surface area contributed by atoms with Crippen molar-refractivity contribution in [3.8, 4) is 135 Å². The summed E-state index contributed by atoms with van der Waals surface area (Å²) in [4.78, 5) is 35.6. The third-order valence-corrected chi connectivity index (χ3v) is 25.7. The van der Waals surface area contributed by atoms with E-state index in [1.165, 1.54) is 44.5 Å². The topological polar surface area (TPSA) is 109 Å². The summed E-state index contributed by atoms with van der Waals surface area (Å²) in [5, 5.41) is 8.71. The van der Waals surface area contributed by atoms with Crippen molar-refractivity contribution >= 4 is 65.2 Å². The zero-order valence-corrected chi connectivity index (χ0v) is 66.8. The summed E-state index contributed by atoms with van der Waals surface area (Å²) in [5.41, 5.74) is 31.8. The summed E-state index contributed by atoms with van der Waals surface area (Å²) in [5.74, 6) is 3.28. The first-order chi connectivity index (χ1) is 61.5. The van der Waals surface area contributed by atoms with Gasteiger partial charge in [-0.2, -0.15) is 0 Å². The van der Waals surface area contributed by atoms with Crippen LogP contribution in [0.1, 0.15) is 44.5 Å². The van der Waals surface area contributed by atoms with Gasteiger partial charge in [0.1, 0.15) is 23.0 Å². The molecular weight excluding hydrogens is 1510 g/mol. The van der Waals surface area contributed by atoms with Crippen LogP contribution in [0.4, 0.5) is 0 Å². The number of hydrogen-bond donors (Lipinski definition) is 0. The molecule has 0 fully saturated rings. The minimum absolute atomic E-state index is 0.654. The Balaban J connectivity index is 0.000000136. The van der Waals surface area contributed by atoms with Crippen LogP contribution in [0.15, 0.2) is 419 Å². The number of ether oxygens (including phenoxy) is 2. The Labute approximate surface area is 714 Å². The van der Waals surface area contributed by atoms with Gasteiger partial charge in [-0.25, -0.2) is 24.9 Å². The third-order valence-electron chi connectivity index (χ3n) is 25.7. The van der Waals surface area contributed by atoms with Crippen molar-refractivity contribution < 1.29 is 9.47 Å². The standard InChI is InChI=1S/C59H36N4O.C56H33N3O/c1-2-15-39(16-3-1)57-46-36-56-50(35-45(46)44-19-6-9-24-51(44)63-57)59(47-21-7-4-17-42(47)43-18-5-8-22-48(43)59)49-23-14-20-41(58(49)64-56)38-29-27-37(28-30-38)40-33-54(52-25-10-12-31-60-52)62-55(34-40)53-26-11-13-32-61-53;1-3-14-34(15-4-1)48-30-28-36-26-27-37-29-31-50(59-54(37)53(36)57-48)41-21-13-24-46-55(41)60-51-33-43-42(40-20-9-12-25-49(40)58-52(43)35-16-5-2-6-17-35)32-47(51)56(46)44-22-10-7-18-38(44)39-19-8-11-23-45(39)56/h1-36H;1-33H. The van der Waals surface area contributed by atoms with E-state index in [2.05, 4.69) is 374 Å². The first-order valence-corrected chi connectivity index (χ1v) is 42.0. The molecule has 2 aliphatic heterocycles. The number of para-hydroxylation sites is 4. The van der Waals surface area contributed by atoms with E-state index in [1.54, 1.807) is 12.4 Å². The number of hydrogen-bond acceptors (Lipinski definition) is 9. The molecular formula is C115H69N7O2. The zero-order chi connectivity index (χ0) is 81.6. The molecule has 576 valence electrons. The van der Waals surface area contributed by atoms with Crippen LogP contribution in [0.2, 0.25) is 0 Å². The summed E-state index contributed by atoms with van der Waals surface area (Å²) in [6.07, 6.45) is 3.60. The van der Waals surface area contributed by atoms with Crippen LogP contribution in [0.25, 0.3) is 177 Å². The van der Waals surface area contributed by atoms with Crippen molar-refractivity contribution in [3.05, 3.63) is 463 Å². The number of rotatable bonds is 8. The molecule has 4 aliphatic rings. The predicted molar refractivity (Wildman–Crippen MR) is 501 cm³/mol. The van der Waals surface area contributed by atoms with Gasteiger partial charge in [0.25, 0.3) is 0 Å². The van der Waals surface area contributed by atoms with Crippen LogP contribution in [0.5, 0.6) is 23.0 Å². The maximum absolute atomic E-state index is 7.39. The van der Waals surface area contributed by atoms with E-state index < -0.39 is 10.8 Å². The second-order valence-electron chi connectivity index (χ2n) is 32.3. The summed E-state index contributed by atoms with van der Waals surface area (Å²) in [6, 6.07) is 144. The van der Waals surface area contributed by atoms with Crippen molar-refractivity contribution in [2.45, 2.75) is 10.8 Å². The van der Waals surface area contributed by atoms with Crippen molar-refractivity contribution in [2.24, 2.45) is 0 Å². The smallest absolute Gasteiger partial charge is 0.141 e. The number of aromatic nitrogens is 7. The fourth-order valence-electron chi connectivity index (χ4n) is 20.3. The number of pyridine rings is 7. The van der Waals surface area contributed by atoms with Crippen molar-refractivity contribution in [1.29, 1.82) is 0 Å². The molecule has 0 radical (unpaired) electrons. The van der Waals surface area contributed by atoms with Crippen molar-refractivity contribution in [1.82, 2.24) is 34.9 Å². The molecule has 26 rings (SSSR count). The highest BCUT2D eigenvalue weighted by atomic mass is 16.5. The van der Waals surface area contributed by atoms with Gasteiger partial charge >= 0.3 is 0 Å². The second-order valence-corrected chi connectivity index (χ2v) is 32.3. The average molecular weight is 1580 g/mol. The first kappa shape index (κ1) is 70.5. The monoisotopic (exact) mass is 1580 g/mol. The molecule has 124 heavy (non-hydrogen) atoms. The fourth-order valence-corrected chi connectivity index (χ4v) is 20.3. The van der Waals surface area contributed by atoms with Gasteiger partial charge in [-0.05, 0) is 163 Å². The predicted octanol–water partition coefficient (Wildman–Crippen LogP) is 28.3. The third kappa shape index (κ3) is 10.8. The summed E-state index contributed by atoms with van der Waals surface area (Å²) >= 11 is 0. The van der Waals surface area contributed by atoms with E-state index in [0.29, 0.717) is 0 Å². The van der Waals surface area contributed by atoms with E-state index in [-0.39, 0.29) is 0 Å². The van der Waals surface area contributed by atoms with E-state index in [1.807, 2.05) is 42.5 Å². The molecule has 9 nitrogen and oxygen atoms in total. The Morgan fingerprint density at radius 2 is 0.573 bits per heavy atom. The van der Waals surface area contributed by atoms with Gasteiger partial charge in [-0.3, -0.25) is 9.97 Å². The number of fused-ring (bicyclic) bond motifs is 27. The lowest BCUT2D eigenvalue weighted by Crippen LogP contribution is -2.32. The number of nitrogens with zero attached hydrogens (tertiary/aromatic N) is 7. The molecule has 7 aromatic heterocycles. The Morgan fingerprint density at radius 1 is 0.194 bits per heavy atom. The van der Waals surface area contributed by atoms with E-state index in [0.717, 1.165) is 200 Å². The minimum atomic E-state index is -0.673. The maximum Gasteiger partial charge on any atom is 0.141 e. The lowest BCUT2D eigenvalue weighted by molar-refractivity contribution is 0.438. The van der Waals surface area contributed by atoms with Crippen LogP contribution in [-0.4, -0.2) is 34.9 Å². The Hall–Kier alpha value is -16.5. The molecule has 9 heterocycles. The van der Waals surface area contributed by atoms with Crippen molar-refractivity contribution in [3.63, 3.8) is 0 Å². The maximum atomic E-state index is 7.39. The normalized spacial score (nSPS) is 13.1. The Bertz CT molecular complexity index is 8020. The molecule has 0 atom stereocenters. The van der Waals surface area contributed by atoms with Crippen LogP contribution >= 0.6 is 0 Å². The van der Waals surface area contributed by atoms with E-state index >= 15 is 0 Å². The molecule has 2 spiro atoms. The van der Waals surface area contributed by atoms with Gasteiger partial charge in [0, 0.05) is 94.8 Å². The number of benzene rings is 15. The molecule has 0 unspecified atom stereocenters. The lowest BCUT2D eigenvalue weighted by atomic mass is 9.65. The van der Waals surface area contributed by atoms with Gasteiger partial charge in [0.2, 0.25) is 0 Å². The van der Waals surface area contributed by atoms with Crippen LogP contribution < -0.4 is 9.47 Å². The molecule has 15 aromatic carbocycles. The molecule has 0 bridgehead atoms. The average Bonchev–Trinajstić information content (AvgIpc) is 1.48. The zero-order valence-electron chi connectivity index (χ0n) is 66.8. The highest BCUT2D eigenvalue weighted by molar-refractivity contribution is 6.15. The van der Waals surface area contributed by atoms with Crippen LogP contribution in [0.3, 0.4) is 0 Å². The molecule has 0 amide bonds. The molecule has 0 saturated heterocycles. The Morgan fingerprint density at radius 3 is 1.05 bits per heavy atom. The molecule has 0 saturated carbocycles. The van der Waals surface area contributed by atoms with E-state index in [9.17, 15) is 0 Å². The first-order valence-electron chi connectivity index (χ1n) is 42.0. The highest BCUT2D eigenvalue weighted by Gasteiger charge is 2.54. The van der Waals surface area contributed by atoms with Gasteiger partial charge in [0.15, 0.2) is 0 Å². The van der Waals surface area contributed by atoms with Crippen molar-refractivity contribution in [2.75, 3.05) is 0 Å². The highest BCUT2D eigenvalue weighted by Crippen LogP contribution is 2.66. The summed E-state index contributed by atoms with van der Waals surface area (Å²) in [6.45, 7) is 0. The molecule has 9 heteroatoms. The van der Waals surface area contributed by atoms with E-state index in [4.69, 9.17) is 34.4 Å². The van der Waals surface area contributed by atoms with Gasteiger partial charge in [-0.1, -0.05) is 315 Å². The summed E-state index contributed by atoms with van der Waals surface area (Å²) in [7, 11) is 0. The lowest BCUT2D eigenvalue weighted by Gasteiger charge is -2.40. The molecule has 2 aliphatic carbocycles. The largest absolute Gasteiger partial charge is 0.456 e. The summed E-state index contributed by atoms with van der Waals surface area (Å²) < 4.78 is 14.8. The van der Waals surface area contributed by atoms with Crippen LogP contribution in [-0.2, 0) is 10.8 Å². The Kier molecular flexibility index (Phi) is 16.0. The quantitative estimate of drug-likeness (QED) is 0.137. The van der Waals surface area contributed by atoms with Gasteiger partial charge < -0.3 is 9.47 Å². The molecule has 22 aromatic rings. The SMILES string of the molecule is c1ccc(-c2ccc3ccc4ccc(-c5cccc6c5Oc5cc7c(-c8ccccc8)nc8ccccc8c7cc5C65c6ccccc6-c6ccccc65)nc4c3n2)cc1.c1ccc(-c2nc3ccccc3c3cc4c(cc23)Oc2c(-c3ccc(-c5cc(-c6ccccn6)nc(-c6ccccn6)c5)cc3)cccc2C42c3ccccc3-c3ccccc32)cc1. The second kappa shape index (κ2) is 28.1. The fraction of sp³-hybridized carbons (Fsp3) is 0.0174. The van der Waals surface area contributed by atoms with Gasteiger partial charge in [-0.15, -0.1) is 0 Å². The minimum Gasteiger partial charge on any atom is -0.456 e. The van der Waals surface area contributed by atoms with Crippen LogP contribution in [0, 0.1) is 0 Å².